The number of hydrogen-bond acceptors (Lipinski definition) is 4. The number of carbonyl (C=O) groups excluding carboxylic acids is 3. The zero-order valence-corrected chi connectivity index (χ0v) is 23.4. The summed E-state index contributed by atoms with van der Waals surface area (Å²) < 4.78 is 5.39. The van der Waals surface area contributed by atoms with Gasteiger partial charge in [0.2, 0.25) is 11.8 Å². The van der Waals surface area contributed by atoms with Gasteiger partial charge in [-0.1, -0.05) is 50.6 Å². The summed E-state index contributed by atoms with van der Waals surface area (Å²) in [6, 6.07) is 3.52. The van der Waals surface area contributed by atoms with Crippen LogP contribution in [0.4, 0.5) is 5.69 Å². The van der Waals surface area contributed by atoms with Crippen LogP contribution in [0.1, 0.15) is 74.7 Å². The molecule has 2 aliphatic heterocycles. The molecule has 0 aromatic heterocycles. The van der Waals surface area contributed by atoms with Crippen molar-refractivity contribution in [3.8, 4) is 0 Å². The van der Waals surface area contributed by atoms with E-state index in [9.17, 15) is 14.4 Å². The van der Waals surface area contributed by atoms with Crippen LogP contribution in [0.25, 0.3) is 0 Å². The second kappa shape index (κ2) is 12.2. The van der Waals surface area contributed by atoms with Crippen LogP contribution in [0, 0.1) is 36.5 Å². The lowest BCUT2D eigenvalue weighted by Crippen LogP contribution is -2.57. The highest BCUT2D eigenvalue weighted by Crippen LogP contribution is 2.41. The first-order valence-electron chi connectivity index (χ1n) is 13.9. The van der Waals surface area contributed by atoms with Crippen molar-refractivity contribution in [2.24, 2.45) is 29.6 Å². The van der Waals surface area contributed by atoms with Gasteiger partial charge in [0.1, 0.15) is 0 Å². The Balaban J connectivity index is 1.46. The summed E-state index contributed by atoms with van der Waals surface area (Å²) in [5.41, 5.74) is 1.75. The van der Waals surface area contributed by atoms with Gasteiger partial charge in [0.05, 0.1) is 5.92 Å². The van der Waals surface area contributed by atoms with E-state index >= 15 is 0 Å². The molecule has 3 fully saturated rings. The first-order valence-corrected chi connectivity index (χ1v) is 14.3. The molecule has 8 heteroatoms. The molecular formula is C29H42ClN3O4. The van der Waals surface area contributed by atoms with Crippen LogP contribution in [-0.4, -0.2) is 50.6 Å². The normalized spacial score (nSPS) is 27.4. The molecule has 1 aliphatic carbocycles. The van der Waals surface area contributed by atoms with Crippen LogP contribution >= 0.6 is 11.6 Å². The van der Waals surface area contributed by atoms with Crippen molar-refractivity contribution >= 4 is 35.0 Å². The molecule has 0 bridgehead atoms. The van der Waals surface area contributed by atoms with Gasteiger partial charge < -0.3 is 20.3 Å². The predicted molar refractivity (Wildman–Crippen MR) is 146 cm³/mol. The number of halogens is 1. The summed E-state index contributed by atoms with van der Waals surface area (Å²) in [7, 11) is 1.73. The minimum Gasteiger partial charge on any atom is -0.381 e. The van der Waals surface area contributed by atoms with Gasteiger partial charge in [0.15, 0.2) is 0 Å². The Morgan fingerprint density at radius 3 is 2.46 bits per heavy atom. The highest BCUT2D eigenvalue weighted by molar-refractivity contribution is 6.31. The van der Waals surface area contributed by atoms with Crippen molar-refractivity contribution in [2.75, 3.05) is 31.7 Å². The third-order valence-electron chi connectivity index (χ3n) is 9.05. The summed E-state index contributed by atoms with van der Waals surface area (Å²) in [4.78, 5) is 41.0. The van der Waals surface area contributed by atoms with Crippen molar-refractivity contribution in [1.29, 1.82) is 0 Å². The number of rotatable bonds is 6. The zero-order valence-electron chi connectivity index (χ0n) is 22.6. The number of hydrogen-bond donors (Lipinski definition) is 2. The molecule has 1 aromatic rings. The minimum atomic E-state index is -0.277. The van der Waals surface area contributed by atoms with E-state index in [1.807, 2.05) is 6.92 Å². The lowest BCUT2D eigenvalue weighted by atomic mass is 9.66. The van der Waals surface area contributed by atoms with Gasteiger partial charge in [-0.3, -0.25) is 14.4 Å². The predicted octanol–water partition coefficient (Wildman–Crippen LogP) is 4.73. The van der Waals surface area contributed by atoms with Gasteiger partial charge >= 0.3 is 0 Å². The number of anilines is 1. The van der Waals surface area contributed by atoms with E-state index in [0.29, 0.717) is 59.7 Å². The maximum absolute atomic E-state index is 13.3. The SMILES string of the molecule is Cc1c(C(=O)NCC2C(=O)NC(C)C(C3CCCCC3)C2C)cc(Cl)cc1N(C)C(=O)C1CCOCC1. The molecule has 2 saturated heterocycles. The van der Waals surface area contributed by atoms with Crippen LogP contribution in [0.2, 0.25) is 5.02 Å². The molecule has 204 valence electrons. The number of nitrogens with one attached hydrogen (secondary N) is 2. The molecule has 4 rings (SSSR count). The van der Waals surface area contributed by atoms with Crippen molar-refractivity contribution in [1.82, 2.24) is 10.6 Å². The Bertz CT molecular complexity index is 1000. The Morgan fingerprint density at radius 1 is 1.11 bits per heavy atom. The van der Waals surface area contributed by atoms with Crippen LogP contribution in [0.15, 0.2) is 12.1 Å². The topological polar surface area (TPSA) is 87.7 Å². The van der Waals surface area contributed by atoms with Gasteiger partial charge in [-0.2, -0.15) is 0 Å². The third-order valence-corrected chi connectivity index (χ3v) is 9.27. The molecule has 2 N–H and O–H groups in total. The van der Waals surface area contributed by atoms with E-state index in [4.69, 9.17) is 16.3 Å². The third kappa shape index (κ3) is 6.14. The molecule has 2 heterocycles. The van der Waals surface area contributed by atoms with Gasteiger partial charge in [-0.15, -0.1) is 0 Å². The second-order valence-electron chi connectivity index (χ2n) is 11.3. The number of piperidine rings is 1. The van der Waals surface area contributed by atoms with Crippen LogP contribution in [0.5, 0.6) is 0 Å². The standard InChI is InChI=1S/C29H42ClN3O4/c1-17-23(14-22(30)15-25(17)33(4)29(36)21-10-12-37-13-11-21)27(34)31-16-24-18(2)26(19(3)32-28(24)35)20-8-6-5-7-9-20/h14-15,18-21,24,26H,5-13,16H2,1-4H3,(H,31,34)(H,32,35). The number of benzene rings is 1. The summed E-state index contributed by atoms with van der Waals surface area (Å²) in [5, 5.41) is 6.61. The number of ether oxygens (including phenoxy) is 1. The Kier molecular flexibility index (Phi) is 9.17. The highest BCUT2D eigenvalue weighted by Gasteiger charge is 2.43. The van der Waals surface area contributed by atoms with Crippen LogP contribution < -0.4 is 15.5 Å². The summed E-state index contributed by atoms with van der Waals surface area (Å²) in [6.07, 6.45) is 7.65. The van der Waals surface area contributed by atoms with Gasteiger partial charge in [0.25, 0.3) is 5.91 Å². The number of amides is 3. The maximum atomic E-state index is 13.3. The molecule has 4 unspecified atom stereocenters. The Morgan fingerprint density at radius 2 is 1.78 bits per heavy atom. The number of carbonyl (C=O) groups is 3. The Labute approximate surface area is 226 Å². The molecule has 3 aliphatic rings. The lowest BCUT2D eigenvalue weighted by molar-refractivity contribution is -0.133. The van der Waals surface area contributed by atoms with E-state index in [0.717, 1.165) is 0 Å². The quantitative estimate of drug-likeness (QED) is 0.555. The fourth-order valence-electron chi connectivity index (χ4n) is 6.91. The molecule has 37 heavy (non-hydrogen) atoms. The molecule has 1 aromatic carbocycles. The molecule has 3 amide bonds. The first-order chi connectivity index (χ1) is 17.7. The van der Waals surface area contributed by atoms with E-state index in [2.05, 4.69) is 24.5 Å². The molecular weight excluding hydrogens is 490 g/mol. The van der Waals surface area contributed by atoms with Crippen molar-refractivity contribution in [3.05, 3.63) is 28.3 Å². The van der Waals surface area contributed by atoms with E-state index in [1.54, 1.807) is 24.1 Å². The average molecular weight is 532 g/mol. The van der Waals surface area contributed by atoms with Crippen LogP contribution in [-0.2, 0) is 14.3 Å². The molecule has 0 spiro atoms. The van der Waals surface area contributed by atoms with E-state index in [-0.39, 0.29) is 48.1 Å². The maximum Gasteiger partial charge on any atom is 0.251 e. The minimum absolute atomic E-state index is 0.00982. The second-order valence-corrected chi connectivity index (χ2v) is 11.8. The molecule has 7 nitrogen and oxygen atoms in total. The highest BCUT2D eigenvalue weighted by atomic mass is 35.5. The van der Waals surface area contributed by atoms with Gasteiger partial charge in [0, 0.05) is 55.0 Å². The molecule has 1 saturated carbocycles. The zero-order chi connectivity index (χ0) is 26.7. The fraction of sp³-hybridized carbons (Fsp3) is 0.690. The molecule has 4 atom stereocenters. The average Bonchev–Trinajstić information content (AvgIpc) is 2.89. The van der Waals surface area contributed by atoms with Gasteiger partial charge in [-0.25, -0.2) is 0 Å². The number of nitrogens with zero attached hydrogens (tertiary/aromatic N) is 1. The lowest BCUT2D eigenvalue weighted by Gasteiger charge is -2.45. The summed E-state index contributed by atoms with van der Waals surface area (Å²) in [6.45, 7) is 7.58. The van der Waals surface area contributed by atoms with Crippen molar-refractivity contribution in [3.63, 3.8) is 0 Å². The fourth-order valence-corrected chi connectivity index (χ4v) is 7.12. The first kappa shape index (κ1) is 27.9. The monoisotopic (exact) mass is 531 g/mol. The summed E-state index contributed by atoms with van der Waals surface area (Å²) in [5.74, 6) is 0.605. The van der Waals surface area contributed by atoms with Crippen LogP contribution in [0.3, 0.4) is 0 Å². The summed E-state index contributed by atoms with van der Waals surface area (Å²) >= 11 is 6.41. The smallest absolute Gasteiger partial charge is 0.251 e. The molecule has 0 radical (unpaired) electrons. The van der Waals surface area contributed by atoms with E-state index in [1.165, 1.54) is 32.1 Å². The van der Waals surface area contributed by atoms with E-state index < -0.39 is 0 Å². The van der Waals surface area contributed by atoms with Gasteiger partial charge in [-0.05, 0) is 62.1 Å². The van der Waals surface area contributed by atoms with Crippen molar-refractivity contribution in [2.45, 2.75) is 71.8 Å². The Hall–Kier alpha value is -2.12. The largest absolute Gasteiger partial charge is 0.381 e. The van der Waals surface area contributed by atoms with Crippen molar-refractivity contribution < 1.29 is 19.1 Å².